The van der Waals surface area contributed by atoms with Crippen LogP contribution in [-0.4, -0.2) is 29.7 Å². The summed E-state index contributed by atoms with van der Waals surface area (Å²) in [7, 11) is 1.77. The van der Waals surface area contributed by atoms with Crippen LogP contribution in [0.2, 0.25) is 0 Å². The summed E-state index contributed by atoms with van der Waals surface area (Å²) in [4.78, 5) is 13.6. The molecule has 2 rings (SSSR count). The van der Waals surface area contributed by atoms with Gasteiger partial charge in [0, 0.05) is 25.3 Å². The molecule has 1 fully saturated rings. The molecule has 0 aliphatic heterocycles. The van der Waals surface area contributed by atoms with Gasteiger partial charge in [0.1, 0.15) is 5.60 Å². The minimum absolute atomic E-state index is 0.290. The van der Waals surface area contributed by atoms with E-state index >= 15 is 0 Å². The SMILES string of the molecule is CN(Cc1cccc(NC2CCCC2)c1)C(=O)OC(C)(C)C. The highest BCUT2D eigenvalue weighted by Gasteiger charge is 2.20. The first-order valence-corrected chi connectivity index (χ1v) is 8.13. The molecule has 1 N–H and O–H groups in total. The summed E-state index contributed by atoms with van der Waals surface area (Å²) in [6, 6.07) is 8.89. The van der Waals surface area contributed by atoms with Crippen molar-refractivity contribution in [2.75, 3.05) is 12.4 Å². The molecule has 0 atom stereocenters. The van der Waals surface area contributed by atoms with Crippen molar-refractivity contribution in [2.24, 2.45) is 0 Å². The van der Waals surface area contributed by atoms with Crippen LogP contribution < -0.4 is 5.32 Å². The van der Waals surface area contributed by atoms with Crippen LogP contribution >= 0.6 is 0 Å². The minimum Gasteiger partial charge on any atom is -0.444 e. The van der Waals surface area contributed by atoms with E-state index < -0.39 is 5.60 Å². The number of hydrogen-bond acceptors (Lipinski definition) is 3. The second kappa shape index (κ2) is 7.03. The molecule has 0 radical (unpaired) electrons. The van der Waals surface area contributed by atoms with E-state index in [2.05, 4.69) is 17.4 Å². The van der Waals surface area contributed by atoms with Crippen LogP contribution in [0.3, 0.4) is 0 Å². The molecule has 1 saturated carbocycles. The van der Waals surface area contributed by atoms with Crippen molar-refractivity contribution >= 4 is 11.8 Å². The second-order valence-electron chi connectivity index (χ2n) is 7.16. The van der Waals surface area contributed by atoms with Crippen molar-refractivity contribution in [1.82, 2.24) is 4.90 Å². The fourth-order valence-corrected chi connectivity index (χ4v) is 2.74. The molecule has 1 aliphatic carbocycles. The lowest BCUT2D eigenvalue weighted by molar-refractivity contribution is 0.0285. The van der Waals surface area contributed by atoms with E-state index in [1.54, 1.807) is 11.9 Å². The van der Waals surface area contributed by atoms with Gasteiger partial charge >= 0.3 is 6.09 Å². The lowest BCUT2D eigenvalue weighted by Gasteiger charge is -2.25. The van der Waals surface area contributed by atoms with E-state index in [1.165, 1.54) is 25.7 Å². The van der Waals surface area contributed by atoms with Crippen LogP contribution in [0.1, 0.15) is 52.0 Å². The Morgan fingerprint density at radius 3 is 2.64 bits per heavy atom. The van der Waals surface area contributed by atoms with Crippen molar-refractivity contribution in [3.05, 3.63) is 29.8 Å². The number of amides is 1. The smallest absolute Gasteiger partial charge is 0.410 e. The van der Waals surface area contributed by atoms with E-state index in [1.807, 2.05) is 32.9 Å². The third kappa shape index (κ3) is 5.24. The van der Waals surface area contributed by atoms with Gasteiger partial charge in [0.25, 0.3) is 0 Å². The zero-order chi connectivity index (χ0) is 16.2. The number of nitrogens with one attached hydrogen (secondary N) is 1. The quantitative estimate of drug-likeness (QED) is 0.896. The highest BCUT2D eigenvalue weighted by atomic mass is 16.6. The van der Waals surface area contributed by atoms with Crippen LogP contribution in [0.25, 0.3) is 0 Å². The van der Waals surface area contributed by atoms with Gasteiger partial charge in [-0.1, -0.05) is 25.0 Å². The summed E-state index contributed by atoms with van der Waals surface area (Å²) in [6.45, 7) is 6.19. The van der Waals surface area contributed by atoms with Gasteiger partial charge in [-0.15, -0.1) is 0 Å². The van der Waals surface area contributed by atoms with Crippen LogP contribution in [0.4, 0.5) is 10.5 Å². The maximum atomic E-state index is 12.0. The Labute approximate surface area is 133 Å². The van der Waals surface area contributed by atoms with Crippen LogP contribution in [-0.2, 0) is 11.3 Å². The van der Waals surface area contributed by atoms with Gasteiger partial charge in [0.05, 0.1) is 0 Å². The predicted octanol–water partition coefficient (Wildman–Crippen LogP) is 4.41. The van der Waals surface area contributed by atoms with Crippen molar-refractivity contribution in [3.63, 3.8) is 0 Å². The molecule has 4 nitrogen and oxygen atoms in total. The molecule has 0 bridgehead atoms. The average Bonchev–Trinajstić information content (AvgIpc) is 2.90. The van der Waals surface area contributed by atoms with Crippen molar-refractivity contribution in [2.45, 2.75) is 64.6 Å². The summed E-state index contributed by atoms with van der Waals surface area (Å²) in [5, 5.41) is 3.59. The van der Waals surface area contributed by atoms with Gasteiger partial charge in [0.2, 0.25) is 0 Å². The van der Waals surface area contributed by atoms with Gasteiger partial charge in [0.15, 0.2) is 0 Å². The largest absolute Gasteiger partial charge is 0.444 e. The monoisotopic (exact) mass is 304 g/mol. The van der Waals surface area contributed by atoms with Crippen molar-refractivity contribution in [3.8, 4) is 0 Å². The highest BCUT2D eigenvalue weighted by molar-refractivity contribution is 5.67. The Balaban J connectivity index is 1.93. The van der Waals surface area contributed by atoms with Gasteiger partial charge in [-0.3, -0.25) is 0 Å². The molecule has 122 valence electrons. The highest BCUT2D eigenvalue weighted by Crippen LogP contribution is 2.23. The molecular weight excluding hydrogens is 276 g/mol. The summed E-state index contributed by atoms with van der Waals surface area (Å²) in [5.41, 5.74) is 1.79. The average molecular weight is 304 g/mol. The predicted molar refractivity (Wildman–Crippen MR) is 90.0 cm³/mol. The Morgan fingerprint density at radius 1 is 1.32 bits per heavy atom. The van der Waals surface area contributed by atoms with E-state index in [-0.39, 0.29) is 6.09 Å². The normalized spacial score (nSPS) is 15.6. The fourth-order valence-electron chi connectivity index (χ4n) is 2.74. The van der Waals surface area contributed by atoms with Crippen molar-refractivity contribution in [1.29, 1.82) is 0 Å². The van der Waals surface area contributed by atoms with E-state index in [4.69, 9.17) is 4.74 Å². The first-order chi connectivity index (χ1) is 10.3. The number of nitrogens with zero attached hydrogens (tertiary/aromatic N) is 1. The van der Waals surface area contributed by atoms with Crippen molar-refractivity contribution < 1.29 is 9.53 Å². The first kappa shape index (κ1) is 16.7. The van der Waals surface area contributed by atoms with E-state index in [0.29, 0.717) is 12.6 Å². The summed E-state index contributed by atoms with van der Waals surface area (Å²) >= 11 is 0. The Bertz CT molecular complexity index is 502. The molecule has 22 heavy (non-hydrogen) atoms. The molecule has 1 amide bonds. The number of carbonyl (C=O) groups excluding carboxylic acids is 1. The standard InChI is InChI=1S/C18H28N2O2/c1-18(2,3)22-17(21)20(4)13-14-8-7-11-16(12-14)19-15-9-5-6-10-15/h7-8,11-12,15,19H,5-6,9-10,13H2,1-4H3. The summed E-state index contributed by atoms with van der Waals surface area (Å²) in [6.07, 6.45) is 4.85. The van der Waals surface area contributed by atoms with Gasteiger partial charge in [-0.25, -0.2) is 4.79 Å². The van der Waals surface area contributed by atoms with Gasteiger partial charge in [-0.2, -0.15) is 0 Å². The molecule has 0 aromatic heterocycles. The topological polar surface area (TPSA) is 41.6 Å². The number of rotatable bonds is 4. The lowest BCUT2D eigenvalue weighted by atomic mass is 10.1. The van der Waals surface area contributed by atoms with Crippen LogP contribution in [0.5, 0.6) is 0 Å². The van der Waals surface area contributed by atoms with E-state index in [0.717, 1.165) is 11.3 Å². The third-order valence-electron chi connectivity index (χ3n) is 3.78. The maximum absolute atomic E-state index is 12.0. The van der Waals surface area contributed by atoms with Crippen LogP contribution in [0, 0.1) is 0 Å². The molecule has 1 aromatic rings. The van der Waals surface area contributed by atoms with Crippen LogP contribution in [0.15, 0.2) is 24.3 Å². The Morgan fingerprint density at radius 2 is 2.00 bits per heavy atom. The molecule has 0 saturated heterocycles. The molecule has 1 aromatic carbocycles. The van der Waals surface area contributed by atoms with E-state index in [9.17, 15) is 4.79 Å². The number of ether oxygens (including phenoxy) is 1. The second-order valence-corrected chi connectivity index (χ2v) is 7.16. The summed E-state index contributed by atoms with van der Waals surface area (Å²) in [5.74, 6) is 0. The number of carbonyl (C=O) groups is 1. The zero-order valence-corrected chi connectivity index (χ0v) is 14.2. The fraction of sp³-hybridized carbons (Fsp3) is 0.611. The molecule has 0 unspecified atom stereocenters. The Kier molecular flexibility index (Phi) is 5.33. The zero-order valence-electron chi connectivity index (χ0n) is 14.2. The minimum atomic E-state index is -0.461. The maximum Gasteiger partial charge on any atom is 0.410 e. The molecular formula is C18H28N2O2. The van der Waals surface area contributed by atoms with Gasteiger partial charge in [-0.05, 0) is 51.3 Å². The number of anilines is 1. The number of benzene rings is 1. The summed E-state index contributed by atoms with van der Waals surface area (Å²) < 4.78 is 5.38. The molecule has 0 spiro atoms. The molecule has 4 heteroatoms. The first-order valence-electron chi connectivity index (χ1n) is 8.13. The molecule has 1 aliphatic rings. The lowest BCUT2D eigenvalue weighted by Crippen LogP contribution is -2.33. The molecule has 0 heterocycles. The van der Waals surface area contributed by atoms with Gasteiger partial charge < -0.3 is 15.0 Å². The third-order valence-corrected chi connectivity index (χ3v) is 3.78. The Hall–Kier alpha value is -1.71. The number of hydrogen-bond donors (Lipinski definition) is 1.